The van der Waals surface area contributed by atoms with Gasteiger partial charge in [-0.3, -0.25) is 0 Å². The Labute approximate surface area is 52.8 Å². The number of nitrogens with two attached hydrogens (primary N) is 2. The Kier molecular flexibility index (Phi) is 2.33. The lowest BCUT2D eigenvalue weighted by atomic mass is 10.4. The lowest BCUT2D eigenvalue weighted by Gasteiger charge is -2.17. The lowest BCUT2D eigenvalue weighted by molar-refractivity contribution is 0.628. The Morgan fingerprint density at radius 3 is 1.86 bits per heavy atom. The zero-order chi connectivity index (χ0) is 6.08. The Balaban J connectivity index is 3.54. The summed E-state index contributed by atoms with van der Waals surface area (Å²) in [7, 11) is 0. The van der Waals surface area contributed by atoms with Crippen LogP contribution in [0.5, 0.6) is 0 Å². The SMILES string of the molecule is CC(N)(Cl)C(N)Cl. The fourth-order valence-corrected chi connectivity index (χ4v) is 0. The summed E-state index contributed by atoms with van der Waals surface area (Å²) in [5.74, 6) is 0. The van der Waals surface area contributed by atoms with Gasteiger partial charge in [0.2, 0.25) is 0 Å². The van der Waals surface area contributed by atoms with Crippen LogP contribution >= 0.6 is 23.2 Å². The van der Waals surface area contributed by atoms with Gasteiger partial charge in [0, 0.05) is 0 Å². The van der Waals surface area contributed by atoms with E-state index in [9.17, 15) is 0 Å². The molecule has 2 atom stereocenters. The minimum absolute atomic E-state index is 0.686. The Bertz CT molecular complexity index is 56.4. The quantitative estimate of drug-likeness (QED) is 0.413. The van der Waals surface area contributed by atoms with Gasteiger partial charge in [0.15, 0.2) is 0 Å². The second kappa shape index (κ2) is 2.18. The average Bonchev–Trinajstić information content (AvgIpc) is 1.31. The van der Waals surface area contributed by atoms with Gasteiger partial charge in [0.1, 0.15) is 10.5 Å². The molecule has 0 bridgehead atoms. The van der Waals surface area contributed by atoms with E-state index in [-0.39, 0.29) is 0 Å². The fourth-order valence-electron chi connectivity index (χ4n) is 0. The molecule has 0 aliphatic carbocycles. The van der Waals surface area contributed by atoms with Crippen molar-refractivity contribution >= 4 is 23.2 Å². The molecule has 0 heterocycles. The summed E-state index contributed by atoms with van der Waals surface area (Å²) < 4.78 is 0. The molecule has 0 saturated carbocycles. The zero-order valence-electron chi connectivity index (χ0n) is 3.99. The topological polar surface area (TPSA) is 52.0 Å². The van der Waals surface area contributed by atoms with E-state index in [1.807, 2.05) is 0 Å². The Morgan fingerprint density at radius 2 is 1.86 bits per heavy atom. The first-order valence-electron chi connectivity index (χ1n) is 1.82. The van der Waals surface area contributed by atoms with Crippen molar-refractivity contribution in [3.63, 3.8) is 0 Å². The van der Waals surface area contributed by atoms with Crippen LogP contribution in [0.15, 0.2) is 0 Å². The van der Waals surface area contributed by atoms with Gasteiger partial charge < -0.3 is 11.5 Å². The Morgan fingerprint density at radius 1 is 1.71 bits per heavy atom. The first-order chi connectivity index (χ1) is 2.94. The van der Waals surface area contributed by atoms with Crippen LogP contribution in [0, 0.1) is 0 Å². The smallest absolute Gasteiger partial charge is 0.118 e. The summed E-state index contributed by atoms with van der Waals surface area (Å²) in [5, 5.41) is 0. The van der Waals surface area contributed by atoms with Gasteiger partial charge in [-0.1, -0.05) is 11.6 Å². The summed E-state index contributed by atoms with van der Waals surface area (Å²) in [6, 6.07) is 0. The summed E-state index contributed by atoms with van der Waals surface area (Å²) in [6.45, 7) is 1.55. The highest BCUT2D eigenvalue weighted by molar-refractivity contribution is 6.31. The van der Waals surface area contributed by atoms with Gasteiger partial charge in [0.25, 0.3) is 0 Å². The first-order valence-corrected chi connectivity index (χ1v) is 2.63. The molecule has 0 radical (unpaired) electrons. The van der Waals surface area contributed by atoms with E-state index >= 15 is 0 Å². The van der Waals surface area contributed by atoms with Crippen LogP contribution in [-0.2, 0) is 0 Å². The molecule has 0 fully saturated rings. The summed E-state index contributed by atoms with van der Waals surface area (Å²) >= 11 is 10.7. The van der Waals surface area contributed by atoms with E-state index in [2.05, 4.69) is 0 Å². The fraction of sp³-hybridized carbons (Fsp3) is 1.00. The molecule has 0 spiro atoms. The molecule has 2 nitrogen and oxygen atoms in total. The van der Waals surface area contributed by atoms with Crippen molar-refractivity contribution in [1.82, 2.24) is 0 Å². The molecule has 4 heteroatoms. The van der Waals surface area contributed by atoms with E-state index in [0.717, 1.165) is 0 Å². The van der Waals surface area contributed by atoms with Crippen LogP contribution < -0.4 is 11.5 Å². The monoisotopic (exact) mass is 142 g/mol. The highest BCUT2D eigenvalue weighted by Gasteiger charge is 2.20. The molecule has 0 aliphatic heterocycles. The highest BCUT2D eigenvalue weighted by Crippen LogP contribution is 2.11. The minimum atomic E-state index is -0.985. The van der Waals surface area contributed by atoms with Crippen LogP contribution in [0.3, 0.4) is 0 Å². The maximum absolute atomic E-state index is 5.39. The molecule has 2 unspecified atom stereocenters. The number of alkyl halides is 2. The maximum Gasteiger partial charge on any atom is 0.118 e. The van der Waals surface area contributed by atoms with Crippen LogP contribution in [-0.4, -0.2) is 10.5 Å². The lowest BCUT2D eigenvalue weighted by Crippen LogP contribution is -2.44. The summed E-state index contributed by atoms with van der Waals surface area (Å²) in [4.78, 5) is -0.985. The highest BCUT2D eigenvalue weighted by atomic mass is 35.5. The predicted molar refractivity (Wildman–Crippen MR) is 32.3 cm³/mol. The number of halogens is 2. The van der Waals surface area contributed by atoms with E-state index < -0.39 is 10.5 Å². The second-order valence-corrected chi connectivity index (χ2v) is 2.84. The van der Waals surface area contributed by atoms with Crippen molar-refractivity contribution in [2.24, 2.45) is 11.5 Å². The van der Waals surface area contributed by atoms with E-state index in [1.165, 1.54) is 0 Å². The van der Waals surface area contributed by atoms with Crippen molar-refractivity contribution < 1.29 is 0 Å². The van der Waals surface area contributed by atoms with Crippen LogP contribution in [0.25, 0.3) is 0 Å². The third-order valence-electron chi connectivity index (χ3n) is 0.539. The molecule has 0 saturated heterocycles. The molecule has 44 valence electrons. The predicted octanol–water partition coefficient (Wildman–Crippen LogP) is 0.424. The average molecular weight is 143 g/mol. The standard InChI is InChI=1S/C3H8Cl2N2/c1-3(5,7)2(4)6/h2H,6-7H2,1H3. The Hall–Kier alpha value is 0.500. The molecule has 0 aromatic heterocycles. The third kappa shape index (κ3) is 3.12. The molecule has 0 aromatic carbocycles. The summed E-state index contributed by atoms with van der Waals surface area (Å²) in [5.41, 5.74) is 9.58. The van der Waals surface area contributed by atoms with Gasteiger partial charge in [-0.2, -0.15) is 0 Å². The van der Waals surface area contributed by atoms with E-state index in [0.29, 0.717) is 0 Å². The summed E-state index contributed by atoms with van der Waals surface area (Å²) in [6.07, 6.45) is 0. The molecule has 0 aliphatic rings. The van der Waals surface area contributed by atoms with Crippen LogP contribution in [0.1, 0.15) is 6.92 Å². The van der Waals surface area contributed by atoms with Crippen molar-refractivity contribution in [3.05, 3.63) is 0 Å². The van der Waals surface area contributed by atoms with Gasteiger partial charge in [-0.15, -0.1) is 11.6 Å². The number of rotatable bonds is 1. The molecule has 7 heavy (non-hydrogen) atoms. The van der Waals surface area contributed by atoms with Gasteiger partial charge in [-0.25, -0.2) is 0 Å². The minimum Gasteiger partial charge on any atom is -0.313 e. The van der Waals surface area contributed by atoms with Crippen molar-refractivity contribution in [3.8, 4) is 0 Å². The number of hydrogen-bond acceptors (Lipinski definition) is 2. The second-order valence-electron chi connectivity index (χ2n) is 1.55. The third-order valence-corrected chi connectivity index (χ3v) is 1.34. The maximum atomic E-state index is 5.39. The largest absolute Gasteiger partial charge is 0.313 e. The van der Waals surface area contributed by atoms with E-state index in [1.54, 1.807) is 6.92 Å². The normalized spacial score (nSPS) is 23.6. The number of hydrogen-bond donors (Lipinski definition) is 2. The van der Waals surface area contributed by atoms with Crippen LogP contribution in [0.4, 0.5) is 0 Å². The van der Waals surface area contributed by atoms with E-state index in [4.69, 9.17) is 34.7 Å². The zero-order valence-corrected chi connectivity index (χ0v) is 5.50. The van der Waals surface area contributed by atoms with Crippen LogP contribution in [0.2, 0.25) is 0 Å². The first kappa shape index (κ1) is 7.50. The molecule has 0 aromatic rings. The van der Waals surface area contributed by atoms with Crippen molar-refractivity contribution in [2.75, 3.05) is 0 Å². The molecule has 0 rings (SSSR count). The van der Waals surface area contributed by atoms with Crippen molar-refractivity contribution in [1.29, 1.82) is 0 Å². The van der Waals surface area contributed by atoms with Gasteiger partial charge >= 0.3 is 0 Å². The van der Waals surface area contributed by atoms with Gasteiger partial charge in [0.05, 0.1) is 0 Å². The molecular weight excluding hydrogens is 135 g/mol. The molecule has 4 N–H and O–H groups in total. The van der Waals surface area contributed by atoms with Gasteiger partial charge in [-0.05, 0) is 6.92 Å². The molecule has 0 amide bonds. The molecular formula is C3H8Cl2N2. The van der Waals surface area contributed by atoms with Crippen molar-refractivity contribution in [2.45, 2.75) is 17.4 Å².